The number of aromatic nitrogens is 3. The summed E-state index contributed by atoms with van der Waals surface area (Å²) in [4.78, 5) is 12.6. The number of carbonyl (C=O) groups is 1. The Bertz CT molecular complexity index is 1320. The highest BCUT2D eigenvalue weighted by Gasteiger charge is 2.18. The molecule has 0 radical (unpaired) electrons. The zero-order chi connectivity index (χ0) is 24.8. The maximum Gasteiger partial charge on any atom is 0.234 e. The summed E-state index contributed by atoms with van der Waals surface area (Å²) >= 11 is 1.36. The molecule has 3 aromatic carbocycles. The topological polar surface area (TPSA) is 81.1 Å². The number of hydrogen-bond acceptors (Lipinski definition) is 6. The van der Waals surface area contributed by atoms with Crippen LogP contribution in [-0.2, 0) is 11.3 Å². The highest BCUT2D eigenvalue weighted by atomic mass is 32.2. The molecular formula is C27H29N5O2S. The summed E-state index contributed by atoms with van der Waals surface area (Å²) in [5, 5.41) is 16.0. The molecule has 0 aliphatic heterocycles. The molecule has 0 aliphatic rings. The second-order valence-electron chi connectivity index (χ2n) is 8.26. The van der Waals surface area contributed by atoms with Crippen molar-refractivity contribution in [1.29, 1.82) is 0 Å². The van der Waals surface area contributed by atoms with Crippen LogP contribution < -0.4 is 15.4 Å². The molecule has 4 rings (SSSR count). The molecule has 1 heterocycles. The predicted molar refractivity (Wildman–Crippen MR) is 142 cm³/mol. The molecule has 0 spiro atoms. The highest BCUT2D eigenvalue weighted by Crippen LogP contribution is 2.26. The largest absolute Gasteiger partial charge is 0.497 e. The maximum absolute atomic E-state index is 12.6. The second kappa shape index (κ2) is 11.1. The lowest BCUT2D eigenvalue weighted by molar-refractivity contribution is -0.113. The van der Waals surface area contributed by atoms with Crippen LogP contribution in [0.2, 0.25) is 0 Å². The Balaban J connectivity index is 1.54. The van der Waals surface area contributed by atoms with E-state index in [-0.39, 0.29) is 11.7 Å². The third-order valence-corrected chi connectivity index (χ3v) is 6.52. The number of rotatable bonds is 9. The van der Waals surface area contributed by atoms with Gasteiger partial charge in [-0.2, -0.15) is 0 Å². The molecule has 0 unspecified atom stereocenters. The zero-order valence-electron chi connectivity index (χ0n) is 20.3. The van der Waals surface area contributed by atoms with Gasteiger partial charge in [-0.1, -0.05) is 42.1 Å². The van der Waals surface area contributed by atoms with E-state index >= 15 is 0 Å². The lowest BCUT2D eigenvalue weighted by Crippen LogP contribution is -2.15. The van der Waals surface area contributed by atoms with E-state index in [2.05, 4.69) is 65.9 Å². The number of aryl methyl sites for hydroxylation is 3. The van der Waals surface area contributed by atoms with Crippen molar-refractivity contribution in [2.45, 2.75) is 32.5 Å². The Morgan fingerprint density at radius 3 is 2.49 bits per heavy atom. The first-order valence-corrected chi connectivity index (χ1v) is 12.3. The molecule has 0 bridgehead atoms. The van der Waals surface area contributed by atoms with Crippen LogP contribution >= 0.6 is 11.8 Å². The number of benzene rings is 3. The number of thioether (sulfide) groups is 1. The number of hydrogen-bond donors (Lipinski definition) is 2. The summed E-state index contributed by atoms with van der Waals surface area (Å²) in [5.41, 5.74) is 6.19. The van der Waals surface area contributed by atoms with Gasteiger partial charge in [-0.05, 0) is 73.9 Å². The summed E-state index contributed by atoms with van der Waals surface area (Å²) in [7, 11) is 1.61. The maximum atomic E-state index is 12.6. The van der Waals surface area contributed by atoms with Crippen LogP contribution in [0, 0.1) is 20.8 Å². The van der Waals surface area contributed by atoms with Crippen LogP contribution in [0.5, 0.6) is 5.75 Å². The number of ether oxygens (including phenoxy) is 1. The molecule has 0 fully saturated rings. The lowest BCUT2D eigenvalue weighted by Gasteiger charge is -2.15. The summed E-state index contributed by atoms with van der Waals surface area (Å²) in [5.74, 6) is 1.61. The monoisotopic (exact) mass is 487 g/mol. The molecule has 7 nitrogen and oxygen atoms in total. The van der Waals surface area contributed by atoms with E-state index in [4.69, 9.17) is 4.74 Å². The van der Waals surface area contributed by atoms with Gasteiger partial charge in [0.05, 0.1) is 25.1 Å². The molecule has 180 valence electrons. The first-order valence-electron chi connectivity index (χ1n) is 11.3. The average Bonchev–Trinajstić information content (AvgIpc) is 3.26. The van der Waals surface area contributed by atoms with Gasteiger partial charge in [-0.25, -0.2) is 0 Å². The van der Waals surface area contributed by atoms with Crippen molar-refractivity contribution >= 4 is 29.0 Å². The summed E-state index contributed by atoms with van der Waals surface area (Å²) in [6.07, 6.45) is 0. The van der Waals surface area contributed by atoms with Crippen LogP contribution in [0.25, 0.3) is 5.69 Å². The third kappa shape index (κ3) is 6.02. The fraction of sp³-hybridized carbons (Fsp3) is 0.222. The van der Waals surface area contributed by atoms with Gasteiger partial charge in [-0.15, -0.1) is 10.2 Å². The summed E-state index contributed by atoms with van der Waals surface area (Å²) in [6.45, 7) is 6.70. The Hall–Kier alpha value is -3.78. The summed E-state index contributed by atoms with van der Waals surface area (Å²) in [6, 6.07) is 21.7. The van der Waals surface area contributed by atoms with Crippen LogP contribution in [0.1, 0.15) is 22.5 Å². The predicted octanol–water partition coefficient (Wildman–Crippen LogP) is 5.54. The van der Waals surface area contributed by atoms with E-state index < -0.39 is 0 Å². The smallest absolute Gasteiger partial charge is 0.234 e. The molecule has 0 saturated carbocycles. The quantitative estimate of drug-likeness (QED) is 0.302. The molecule has 35 heavy (non-hydrogen) atoms. The van der Waals surface area contributed by atoms with Crippen LogP contribution in [0.3, 0.4) is 0 Å². The van der Waals surface area contributed by atoms with Crippen molar-refractivity contribution in [3.05, 3.63) is 89.2 Å². The molecule has 2 N–H and O–H groups in total. The Kier molecular flexibility index (Phi) is 7.72. The number of carbonyl (C=O) groups excluding carboxylic acids is 1. The molecule has 0 aliphatic carbocycles. The van der Waals surface area contributed by atoms with E-state index in [1.54, 1.807) is 7.11 Å². The number of nitrogens with zero attached hydrogens (tertiary/aromatic N) is 3. The number of anilines is 2. The molecule has 0 saturated heterocycles. The first-order chi connectivity index (χ1) is 16.9. The minimum atomic E-state index is -0.115. The van der Waals surface area contributed by atoms with Gasteiger partial charge in [0, 0.05) is 11.4 Å². The van der Waals surface area contributed by atoms with Gasteiger partial charge in [0.15, 0.2) is 11.0 Å². The van der Waals surface area contributed by atoms with E-state index in [0.717, 1.165) is 45.3 Å². The van der Waals surface area contributed by atoms with Gasteiger partial charge in [-0.3, -0.25) is 9.36 Å². The van der Waals surface area contributed by atoms with E-state index in [1.807, 2.05) is 47.0 Å². The zero-order valence-corrected chi connectivity index (χ0v) is 21.1. The average molecular weight is 488 g/mol. The number of methoxy groups -OCH3 is 1. The highest BCUT2D eigenvalue weighted by molar-refractivity contribution is 7.99. The second-order valence-corrected chi connectivity index (χ2v) is 9.20. The molecular weight excluding hydrogens is 458 g/mol. The minimum Gasteiger partial charge on any atom is -0.497 e. The van der Waals surface area contributed by atoms with Crippen molar-refractivity contribution in [3.8, 4) is 11.4 Å². The fourth-order valence-electron chi connectivity index (χ4n) is 3.66. The summed E-state index contributed by atoms with van der Waals surface area (Å²) < 4.78 is 7.21. The molecule has 8 heteroatoms. The third-order valence-electron chi connectivity index (χ3n) is 5.59. The van der Waals surface area contributed by atoms with Crippen molar-refractivity contribution in [1.82, 2.24) is 14.8 Å². The number of para-hydroxylation sites is 1. The minimum absolute atomic E-state index is 0.115. The molecule has 1 aromatic heterocycles. The first kappa shape index (κ1) is 24.3. The van der Waals surface area contributed by atoms with E-state index in [0.29, 0.717) is 11.7 Å². The number of nitrogens with one attached hydrogen (secondary N) is 2. The van der Waals surface area contributed by atoms with E-state index in [9.17, 15) is 4.79 Å². The standard InChI is InChI=1S/C27H29N5O2S/c1-18-9-10-20(3)24(15-18)32-25(16-28-23-8-6-5-7-19(23)2)30-31-27(32)35-17-26(33)29-21-11-13-22(34-4)14-12-21/h5-15,28H,16-17H2,1-4H3,(H,29,33). The van der Waals surface area contributed by atoms with E-state index in [1.165, 1.54) is 11.8 Å². The van der Waals surface area contributed by atoms with Gasteiger partial charge in [0.25, 0.3) is 0 Å². The lowest BCUT2D eigenvalue weighted by atomic mass is 10.1. The van der Waals surface area contributed by atoms with Gasteiger partial charge >= 0.3 is 0 Å². The number of amides is 1. The van der Waals surface area contributed by atoms with Crippen molar-refractivity contribution < 1.29 is 9.53 Å². The van der Waals surface area contributed by atoms with Gasteiger partial charge in [0.2, 0.25) is 5.91 Å². The van der Waals surface area contributed by atoms with Gasteiger partial charge < -0.3 is 15.4 Å². The van der Waals surface area contributed by atoms with Crippen LogP contribution in [0.4, 0.5) is 11.4 Å². The molecule has 0 atom stereocenters. The van der Waals surface area contributed by atoms with Crippen molar-refractivity contribution in [2.75, 3.05) is 23.5 Å². The van der Waals surface area contributed by atoms with Crippen molar-refractivity contribution in [2.24, 2.45) is 0 Å². The molecule has 1 amide bonds. The fourth-order valence-corrected chi connectivity index (χ4v) is 4.42. The Labute approximate surface area is 209 Å². The van der Waals surface area contributed by atoms with Crippen LogP contribution in [-0.4, -0.2) is 33.5 Å². The SMILES string of the molecule is COc1ccc(NC(=O)CSc2nnc(CNc3ccccc3C)n2-c2cc(C)ccc2C)cc1. The Morgan fingerprint density at radius 2 is 1.74 bits per heavy atom. The van der Waals surface area contributed by atoms with Gasteiger partial charge in [0.1, 0.15) is 5.75 Å². The Morgan fingerprint density at radius 1 is 0.971 bits per heavy atom. The van der Waals surface area contributed by atoms with Crippen LogP contribution in [0.15, 0.2) is 71.9 Å². The van der Waals surface area contributed by atoms with Crippen molar-refractivity contribution in [3.63, 3.8) is 0 Å². The normalized spacial score (nSPS) is 10.7. The molecule has 4 aromatic rings.